The Bertz CT molecular complexity index is 712. The minimum Gasteiger partial charge on any atom is -0.362 e. The maximum absolute atomic E-state index is 14.0. The number of aryl methyl sites for hydroxylation is 1. The Kier molecular flexibility index (Phi) is 3.59. The van der Waals surface area contributed by atoms with Gasteiger partial charge in [-0.15, -0.1) is 11.3 Å². The molecule has 1 unspecified atom stereocenters. The molecule has 2 nitrogen and oxygen atoms in total. The van der Waals surface area contributed by atoms with Gasteiger partial charge in [-0.05, 0) is 36.2 Å². The molecule has 1 aliphatic rings. The number of halogens is 3. The lowest BCUT2D eigenvalue weighted by Gasteiger charge is -2.32. The SMILES string of the molecule is Cc1sc(C=O)cc1C1OCC(F)(F)c2ccc(Cl)cc21. The highest BCUT2D eigenvalue weighted by molar-refractivity contribution is 7.13. The van der Waals surface area contributed by atoms with E-state index in [1.807, 2.05) is 6.92 Å². The van der Waals surface area contributed by atoms with Crippen LogP contribution in [0.3, 0.4) is 0 Å². The van der Waals surface area contributed by atoms with Gasteiger partial charge in [0.05, 0.1) is 4.88 Å². The van der Waals surface area contributed by atoms with Gasteiger partial charge in [-0.25, -0.2) is 0 Å². The molecule has 21 heavy (non-hydrogen) atoms. The molecule has 110 valence electrons. The quantitative estimate of drug-likeness (QED) is 0.745. The Morgan fingerprint density at radius 1 is 1.38 bits per heavy atom. The number of aldehydes is 1. The molecular formula is C15H11ClF2O2S. The van der Waals surface area contributed by atoms with Crippen LogP contribution in [-0.2, 0) is 10.7 Å². The van der Waals surface area contributed by atoms with E-state index in [0.29, 0.717) is 15.5 Å². The highest BCUT2D eigenvalue weighted by Gasteiger charge is 2.42. The summed E-state index contributed by atoms with van der Waals surface area (Å²) in [5, 5.41) is 0.378. The molecule has 0 saturated carbocycles. The van der Waals surface area contributed by atoms with Gasteiger partial charge >= 0.3 is 0 Å². The lowest BCUT2D eigenvalue weighted by atomic mass is 9.91. The molecule has 0 amide bonds. The molecule has 0 spiro atoms. The molecule has 1 aliphatic heterocycles. The lowest BCUT2D eigenvalue weighted by molar-refractivity contribution is -0.115. The van der Waals surface area contributed by atoms with Crippen molar-refractivity contribution in [1.29, 1.82) is 0 Å². The zero-order valence-electron chi connectivity index (χ0n) is 11.0. The van der Waals surface area contributed by atoms with E-state index in [1.165, 1.54) is 29.5 Å². The average molecular weight is 329 g/mol. The van der Waals surface area contributed by atoms with Crippen LogP contribution in [0, 0.1) is 6.92 Å². The van der Waals surface area contributed by atoms with E-state index in [9.17, 15) is 13.6 Å². The molecule has 2 heterocycles. The first-order valence-corrected chi connectivity index (χ1v) is 7.46. The maximum atomic E-state index is 14.0. The van der Waals surface area contributed by atoms with Crippen molar-refractivity contribution in [3.8, 4) is 0 Å². The topological polar surface area (TPSA) is 26.3 Å². The first-order chi connectivity index (χ1) is 9.92. The Balaban J connectivity index is 2.15. The molecule has 0 saturated heterocycles. The first-order valence-electron chi connectivity index (χ1n) is 6.27. The fourth-order valence-electron chi connectivity index (χ4n) is 2.53. The van der Waals surface area contributed by atoms with Crippen LogP contribution in [0.5, 0.6) is 0 Å². The van der Waals surface area contributed by atoms with E-state index in [-0.39, 0.29) is 5.56 Å². The van der Waals surface area contributed by atoms with Gasteiger partial charge in [-0.2, -0.15) is 8.78 Å². The summed E-state index contributed by atoms with van der Waals surface area (Å²) in [6, 6.07) is 5.99. The Morgan fingerprint density at radius 2 is 2.14 bits per heavy atom. The number of rotatable bonds is 2. The monoisotopic (exact) mass is 328 g/mol. The number of hydrogen-bond acceptors (Lipinski definition) is 3. The minimum atomic E-state index is -3.03. The standard InChI is InChI=1S/C15H11ClF2O2S/c1-8-11(5-10(6-19)21-8)14-12-4-9(16)2-3-13(12)15(17,18)7-20-14/h2-6,14H,7H2,1H3. The Hall–Kier alpha value is -1.30. The Morgan fingerprint density at radius 3 is 2.81 bits per heavy atom. The van der Waals surface area contributed by atoms with Gasteiger partial charge in [0.25, 0.3) is 5.92 Å². The molecule has 3 rings (SSSR count). The second-order valence-corrected chi connectivity index (χ2v) is 6.63. The molecule has 0 radical (unpaired) electrons. The van der Waals surface area contributed by atoms with Crippen molar-refractivity contribution in [2.45, 2.75) is 19.0 Å². The molecule has 1 aromatic carbocycles. The van der Waals surface area contributed by atoms with Crippen LogP contribution in [0.15, 0.2) is 24.3 Å². The Labute approximate surface area is 129 Å². The highest BCUT2D eigenvalue weighted by atomic mass is 35.5. The van der Waals surface area contributed by atoms with Gasteiger partial charge < -0.3 is 4.74 Å². The van der Waals surface area contributed by atoms with Crippen molar-refractivity contribution in [1.82, 2.24) is 0 Å². The van der Waals surface area contributed by atoms with Crippen LogP contribution in [0.25, 0.3) is 0 Å². The van der Waals surface area contributed by atoms with Crippen LogP contribution in [0.4, 0.5) is 8.78 Å². The average Bonchev–Trinajstić information content (AvgIpc) is 2.80. The number of carbonyl (C=O) groups is 1. The van der Waals surface area contributed by atoms with Crippen molar-refractivity contribution in [3.63, 3.8) is 0 Å². The van der Waals surface area contributed by atoms with Crippen molar-refractivity contribution in [3.05, 3.63) is 55.7 Å². The summed E-state index contributed by atoms with van der Waals surface area (Å²) in [6.45, 7) is 1.16. The molecule has 0 fully saturated rings. The number of alkyl halides is 2. The fourth-order valence-corrected chi connectivity index (χ4v) is 3.59. The van der Waals surface area contributed by atoms with Crippen LogP contribution in [0.2, 0.25) is 5.02 Å². The predicted molar refractivity (Wildman–Crippen MR) is 77.6 cm³/mol. The molecule has 1 atom stereocenters. The third-order valence-electron chi connectivity index (χ3n) is 3.50. The summed E-state index contributed by atoms with van der Waals surface area (Å²) in [5.41, 5.74) is 1.03. The van der Waals surface area contributed by atoms with Crippen LogP contribution in [-0.4, -0.2) is 12.9 Å². The van der Waals surface area contributed by atoms with E-state index in [1.54, 1.807) is 6.07 Å². The van der Waals surface area contributed by atoms with E-state index < -0.39 is 18.6 Å². The van der Waals surface area contributed by atoms with Crippen molar-refractivity contribution >= 4 is 29.2 Å². The molecule has 2 aromatic rings. The van der Waals surface area contributed by atoms with Gasteiger partial charge in [0.15, 0.2) is 6.29 Å². The van der Waals surface area contributed by atoms with E-state index >= 15 is 0 Å². The van der Waals surface area contributed by atoms with E-state index in [4.69, 9.17) is 16.3 Å². The lowest BCUT2D eigenvalue weighted by Crippen LogP contribution is -2.31. The number of carbonyl (C=O) groups excluding carboxylic acids is 1. The first kappa shape index (κ1) is 14.6. The normalized spacial score (nSPS) is 20.1. The zero-order valence-corrected chi connectivity index (χ0v) is 12.6. The number of hydrogen-bond donors (Lipinski definition) is 0. The van der Waals surface area contributed by atoms with Gasteiger partial charge in [-0.1, -0.05) is 17.7 Å². The number of benzene rings is 1. The summed E-state index contributed by atoms with van der Waals surface area (Å²) in [4.78, 5) is 12.3. The second kappa shape index (κ2) is 5.16. The summed E-state index contributed by atoms with van der Waals surface area (Å²) < 4.78 is 33.3. The van der Waals surface area contributed by atoms with Gasteiger partial charge in [0, 0.05) is 15.5 Å². The third kappa shape index (κ3) is 2.50. The number of ether oxygens (including phenoxy) is 1. The van der Waals surface area contributed by atoms with Gasteiger partial charge in [0.1, 0.15) is 12.7 Å². The molecular weight excluding hydrogens is 318 g/mol. The molecule has 0 N–H and O–H groups in total. The maximum Gasteiger partial charge on any atom is 0.296 e. The van der Waals surface area contributed by atoms with Gasteiger partial charge in [-0.3, -0.25) is 4.79 Å². The number of thiophene rings is 1. The van der Waals surface area contributed by atoms with E-state index in [0.717, 1.165) is 16.7 Å². The van der Waals surface area contributed by atoms with Crippen LogP contribution >= 0.6 is 22.9 Å². The second-order valence-electron chi connectivity index (χ2n) is 4.91. The summed E-state index contributed by atoms with van der Waals surface area (Å²) in [5.74, 6) is -3.03. The zero-order chi connectivity index (χ0) is 15.2. The highest BCUT2D eigenvalue weighted by Crippen LogP contribution is 2.45. The van der Waals surface area contributed by atoms with Crippen molar-refractivity contribution in [2.75, 3.05) is 6.61 Å². The fraction of sp³-hybridized carbons (Fsp3) is 0.267. The van der Waals surface area contributed by atoms with E-state index in [2.05, 4.69) is 0 Å². The summed E-state index contributed by atoms with van der Waals surface area (Å²) >= 11 is 7.26. The summed E-state index contributed by atoms with van der Waals surface area (Å²) in [7, 11) is 0. The van der Waals surface area contributed by atoms with Gasteiger partial charge in [0.2, 0.25) is 0 Å². The molecule has 6 heteroatoms. The van der Waals surface area contributed by atoms with Crippen molar-refractivity contribution < 1.29 is 18.3 Å². The smallest absolute Gasteiger partial charge is 0.296 e. The number of fused-ring (bicyclic) bond motifs is 1. The van der Waals surface area contributed by atoms with Crippen molar-refractivity contribution in [2.24, 2.45) is 0 Å². The summed E-state index contributed by atoms with van der Waals surface area (Å²) in [6.07, 6.45) is 0.126. The minimum absolute atomic E-state index is 0.0681. The molecule has 0 aliphatic carbocycles. The molecule has 0 bridgehead atoms. The predicted octanol–water partition coefficient (Wildman–Crippen LogP) is 4.73. The third-order valence-corrected chi connectivity index (χ3v) is 4.72. The molecule has 1 aromatic heterocycles. The van der Waals surface area contributed by atoms with Crippen LogP contribution < -0.4 is 0 Å². The van der Waals surface area contributed by atoms with Crippen LogP contribution in [0.1, 0.15) is 37.3 Å². The largest absolute Gasteiger partial charge is 0.362 e.